The van der Waals surface area contributed by atoms with Gasteiger partial charge in [-0.2, -0.15) is 0 Å². The minimum Gasteiger partial charge on any atom is -0.478 e. The molecule has 0 rings (SSSR count). The van der Waals surface area contributed by atoms with Crippen LogP contribution in [0.2, 0.25) is 0 Å². The largest absolute Gasteiger partial charge is 0.478 e. The molecule has 0 aromatic heterocycles. The molecular weight excluding hydrogens is 152 g/mol. The van der Waals surface area contributed by atoms with E-state index < -0.39 is 5.97 Å². The maximum atomic E-state index is 10.4. The van der Waals surface area contributed by atoms with Gasteiger partial charge in [0.25, 0.3) is 0 Å². The van der Waals surface area contributed by atoms with Gasteiger partial charge >= 0.3 is 5.97 Å². The minimum atomic E-state index is -0.800. The van der Waals surface area contributed by atoms with Crippen molar-refractivity contribution in [3.63, 3.8) is 0 Å². The second-order valence-electron chi connectivity index (χ2n) is 3.04. The molecule has 0 saturated carbocycles. The van der Waals surface area contributed by atoms with Gasteiger partial charge in [-0.25, -0.2) is 4.79 Å². The molecule has 0 saturated heterocycles. The molecule has 0 aliphatic rings. The number of hydrogen-bond acceptors (Lipinski definition) is 1. The average Bonchev–Trinajstić information content (AvgIpc) is 2.03. The summed E-state index contributed by atoms with van der Waals surface area (Å²) in [6.45, 7) is 3.81. The van der Waals surface area contributed by atoms with Crippen LogP contribution in [-0.4, -0.2) is 11.1 Å². The minimum absolute atomic E-state index is 0.464. The summed E-state index contributed by atoms with van der Waals surface area (Å²) in [6.07, 6.45) is 7.50. The molecule has 0 aromatic rings. The Morgan fingerprint density at radius 2 is 2.00 bits per heavy atom. The first-order valence-electron chi connectivity index (χ1n) is 4.58. The zero-order chi connectivity index (χ0) is 9.40. The smallest absolute Gasteiger partial charge is 0.330 e. The molecule has 2 nitrogen and oxygen atoms in total. The predicted molar refractivity (Wildman–Crippen MR) is 50.2 cm³/mol. The molecule has 1 N–H and O–H groups in total. The van der Waals surface area contributed by atoms with Crippen molar-refractivity contribution in [1.82, 2.24) is 0 Å². The molecule has 0 unspecified atom stereocenters. The quantitative estimate of drug-likeness (QED) is 0.491. The van der Waals surface area contributed by atoms with E-state index in [0.717, 1.165) is 12.8 Å². The highest BCUT2D eigenvalue weighted by Gasteiger charge is 1.97. The second-order valence-corrected chi connectivity index (χ2v) is 3.04. The van der Waals surface area contributed by atoms with E-state index in [1.54, 1.807) is 13.0 Å². The molecule has 0 bridgehead atoms. The molecule has 0 atom stereocenters. The first-order valence-corrected chi connectivity index (χ1v) is 4.58. The molecule has 0 aliphatic heterocycles. The number of carbonyl (C=O) groups is 1. The van der Waals surface area contributed by atoms with Gasteiger partial charge in [-0.1, -0.05) is 32.3 Å². The van der Waals surface area contributed by atoms with E-state index in [9.17, 15) is 4.79 Å². The highest BCUT2D eigenvalue weighted by atomic mass is 16.4. The number of aliphatic carboxylic acids is 1. The molecule has 0 spiro atoms. The van der Waals surface area contributed by atoms with Crippen molar-refractivity contribution in [2.24, 2.45) is 0 Å². The Kier molecular flexibility index (Phi) is 6.44. The molecule has 0 aromatic carbocycles. The number of rotatable bonds is 6. The molecule has 0 heterocycles. The molecule has 0 radical (unpaired) electrons. The Balaban J connectivity index is 3.40. The van der Waals surface area contributed by atoms with E-state index in [4.69, 9.17) is 5.11 Å². The van der Waals surface area contributed by atoms with E-state index in [1.807, 2.05) is 0 Å². The normalized spacial score (nSPS) is 11.7. The molecule has 2 heteroatoms. The molecule has 0 fully saturated rings. The number of allylic oxidation sites excluding steroid dienone is 1. The summed E-state index contributed by atoms with van der Waals surface area (Å²) >= 11 is 0. The third-order valence-electron chi connectivity index (χ3n) is 1.85. The van der Waals surface area contributed by atoms with Crippen molar-refractivity contribution in [2.45, 2.75) is 46.0 Å². The van der Waals surface area contributed by atoms with Crippen molar-refractivity contribution in [3.05, 3.63) is 11.6 Å². The van der Waals surface area contributed by atoms with E-state index in [-0.39, 0.29) is 0 Å². The van der Waals surface area contributed by atoms with Crippen LogP contribution in [0.25, 0.3) is 0 Å². The van der Waals surface area contributed by atoms with Gasteiger partial charge in [0.2, 0.25) is 0 Å². The van der Waals surface area contributed by atoms with Gasteiger partial charge in [0.1, 0.15) is 0 Å². The number of unbranched alkanes of at least 4 members (excludes halogenated alkanes) is 4. The van der Waals surface area contributed by atoms with Crippen LogP contribution in [0.1, 0.15) is 46.0 Å². The Labute approximate surface area is 74.3 Å². The summed E-state index contributed by atoms with van der Waals surface area (Å²) < 4.78 is 0. The van der Waals surface area contributed by atoms with E-state index >= 15 is 0 Å². The average molecular weight is 170 g/mol. The van der Waals surface area contributed by atoms with Gasteiger partial charge in [-0.15, -0.1) is 0 Å². The Morgan fingerprint density at radius 1 is 1.33 bits per heavy atom. The maximum absolute atomic E-state index is 10.4. The fraction of sp³-hybridized carbons (Fsp3) is 0.700. The van der Waals surface area contributed by atoms with Gasteiger partial charge in [-0.05, 0) is 19.8 Å². The second kappa shape index (κ2) is 6.89. The lowest BCUT2D eigenvalue weighted by molar-refractivity contribution is -0.132. The van der Waals surface area contributed by atoms with Crippen molar-refractivity contribution >= 4 is 5.97 Å². The maximum Gasteiger partial charge on any atom is 0.330 e. The molecule has 0 aliphatic carbocycles. The van der Waals surface area contributed by atoms with Gasteiger partial charge < -0.3 is 5.11 Å². The van der Waals surface area contributed by atoms with Crippen LogP contribution in [0.3, 0.4) is 0 Å². The summed E-state index contributed by atoms with van der Waals surface area (Å²) in [6, 6.07) is 0. The van der Waals surface area contributed by atoms with Gasteiger partial charge in [0.05, 0.1) is 0 Å². The van der Waals surface area contributed by atoms with E-state index in [1.165, 1.54) is 19.3 Å². The van der Waals surface area contributed by atoms with Crippen LogP contribution in [0.5, 0.6) is 0 Å². The monoisotopic (exact) mass is 170 g/mol. The van der Waals surface area contributed by atoms with Gasteiger partial charge in [0, 0.05) is 5.57 Å². The van der Waals surface area contributed by atoms with Crippen LogP contribution in [0.15, 0.2) is 11.6 Å². The zero-order valence-electron chi connectivity index (χ0n) is 7.97. The Hall–Kier alpha value is -0.790. The highest BCUT2D eigenvalue weighted by molar-refractivity contribution is 5.85. The number of carboxylic acid groups (broad SMARTS) is 1. The third kappa shape index (κ3) is 5.96. The zero-order valence-corrected chi connectivity index (χ0v) is 7.97. The van der Waals surface area contributed by atoms with E-state index in [2.05, 4.69) is 6.92 Å². The van der Waals surface area contributed by atoms with Crippen molar-refractivity contribution in [2.75, 3.05) is 0 Å². The molecule has 0 amide bonds. The van der Waals surface area contributed by atoms with Crippen LogP contribution >= 0.6 is 0 Å². The molecular formula is C10H18O2. The summed E-state index contributed by atoms with van der Waals surface area (Å²) in [5.74, 6) is -0.800. The highest BCUT2D eigenvalue weighted by Crippen LogP contribution is 2.05. The first-order chi connectivity index (χ1) is 5.68. The lowest BCUT2D eigenvalue weighted by Crippen LogP contribution is -1.95. The third-order valence-corrected chi connectivity index (χ3v) is 1.85. The summed E-state index contributed by atoms with van der Waals surface area (Å²) in [4.78, 5) is 10.4. The van der Waals surface area contributed by atoms with Crippen molar-refractivity contribution < 1.29 is 9.90 Å². The number of hydrogen-bond donors (Lipinski definition) is 1. The summed E-state index contributed by atoms with van der Waals surface area (Å²) in [5, 5.41) is 8.52. The number of carboxylic acids is 1. The fourth-order valence-corrected chi connectivity index (χ4v) is 0.977. The summed E-state index contributed by atoms with van der Waals surface area (Å²) in [7, 11) is 0. The van der Waals surface area contributed by atoms with Gasteiger partial charge in [0.15, 0.2) is 0 Å². The Bertz CT molecular complexity index is 159. The standard InChI is InChI=1S/C10H18O2/c1-3-4-5-6-7-8-9(2)10(11)12/h8H,3-7H2,1-2H3,(H,11,12)/b9-8-. The lowest BCUT2D eigenvalue weighted by Gasteiger charge is -1.95. The van der Waals surface area contributed by atoms with Crippen LogP contribution in [0, 0.1) is 0 Å². The SMILES string of the molecule is CCCCCC/C=C(/C)C(=O)O. The summed E-state index contributed by atoms with van der Waals surface area (Å²) in [5.41, 5.74) is 0.464. The van der Waals surface area contributed by atoms with Crippen LogP contribution < -0.4 is 0 Å². The Morgan fingerprint density at radius 3 is 2.50 bits per heavy atom. The van der Waals surface area contributed by atoms with Crippen LogP contribution in [-0.2, 0) is 4.79 Å². The first kappa shape index (κ1) is 11.2. The predicted octanol–water partition coefficient (Wildman–Crippen LogP) is 2.99. The van der Waals surface area contributed by atoms with E-state index in [0.29, 0.717) is 5.57 Å². The fourth-order valence-electron chi connectivity index (χ4n) is 0.977. The van der Waals surface area contributed by atoms with Crippen molar-refractivity contribution in [1.29, 1.82) is 0 Å². The van der Waals surface area contributed by atoms with Gasteiger partial charge in [-0.3, -0.25) is 0 Å². The lowest BCUT2D eigenvalue weighted by atomic mass is 10.1. The van der Waals surface area contributed by atoms with Crippen molar-refractivity contribution in [3.8, 4) is 0 Å². The van der Waals surface area contributed by atoms with Crippen LogP contribution in [0.4, 0.5) is 0 Å². The molecule has 70 valence electrons. The molecule has 12 heavy (non-hydrogen) atoms. The topological polar surface area (TPSA) is 37.3 Å².